The molecule has 0 radical (unpaired) electrons. The molecule has 0 unspecified atom stereocenters. The smallest absolute Gasteiger partial charge is 0.151 e. The Bertz CT molecular complexity index is 612. The first kappa shape index (κ1) is 18.6. The molecule has 0 bridgehead atoms. The quantitative estimate of drug-likeness (QED) is 0.841. The lowest BCUT2D eigenvalue weighted by Crippen LogP contribution is -2.32. The van der Waals surface area contributed by atoms with E-state index in [1.54, 1.807) is 0 Å². The van der Waals surface area contributed by atoms with Crippen LogP contribution in [0.2, 0.25) is 0 Å². The van der Waals surface area contributed by atoms with Crippen LogP contribution in [0.1, 0.15) is 44.9 Å². The van der Waals surface area contributed by atoms with Gasteiger partial charge < -0.3 is 19.9 Å². The number of aromatic nitrogens is 2. The van der Waals surface area contributed by atoms with Gasteiger partial charge in [-0.2, -0.15) is 0 Å². The molecule has 5 rings (SSSR count). The second-order valence-corrected chi connectivity index (χ2v) is 9.43. The summed E-state index contributed by atoms with van der Waals surface area (Å²) in [7, 11) is 0. The topological polar surface area (TPSA) is 53.5 Å². The zero-order valence-corrected chi connectivity index (χ0v) is 17.1. The molecule has 6 nitrogen and oxygen atoms in total. The number of piperidine rings is 1. The van der Waals surface area contributed by atoms with Crippen LogP contribution in [0.25, 0.3) is 0 Å². The van der Waals surface area contributed by atoms with Gasteiger partial charge in [-0.3, -0.25) is 0 Å². The number of anilines is 2. The van der Waals surface area contributed by atoms with Crippen LogP contribution in [0.3, 0.4) is 0 Å². The first-order valence-electron chi connectivity index (χ1n) is 11.5. The standard InChI is InChI=1S/C22H35N5O/c1-2-8-27(9-3-1)22-5-4-21(24-25-22)23-20-12-18-15-26(16-19(18)13-20)14-17-6-10-28-11-7-17/h4-5,17-20H,1-3,6-16H2,(H,23,24)/t18-,19+,20+. The lowest BCUT2D eigenvalue weighted by Gasteiger charge is -2.28. The van der Waals surface area contributed by atoms with Crippen molar-refractivity contribution in [3.63, 3.8) is 0 Å². The van der Waals surface area contributed by atoms with Gasteiger partial charge in [0.15, 0.2) is 5.82 Å². The molecule has 0 amide bonds. The Balaban J connectivity index is 1.09. The highest BCUT2D eigenvalue weighted by molar-refractivity contribution is 5.44. The SMILES string of the molecule is c1cc(N2CCCCC2)nnc1N[C@H]1C[C@@H]2CN(CC3CCOCC3)C[C@@H]2C1. The van der Waals surface area contributed by atoms with Gasteiger partial charge in [0.05, 0.1) is 0 Å². The third kappa shape index (κ3) is 4.28. The van der Waals surface area contributed by atoms with Gasteiger partial charge in [-0.25, -0.2) is 0 Å². The number of likely N-dealkylation sites (tertiary alicyclic amines) is 1. The fourth-order valence-corrected chi connectivity index (χ4v) is 5.86. The van der Waals surface area contributed by atoms with E-state index in [0.717, 1.165) is 55.7 Å². The van der Waals surface area contributed by atoms with Crippen molar-refractivity contribution < 1.29 is 4.74 Å². The third-order valence-electron chi connectivity index (χ3n) is 7.37. The summed E-state index contributed by atoms with van der Waals surface area (Å²) in [5, 5.41) is 12.6. The number of nitrogens with one attached hydrogen (secondary N) is 1. The minimum absolute atomic E-state index is 0.565. The molecular formula is C22H35N5O. The van der Waals surface area contributed by atoms with Crippen molar-refractivity contribution in [2.45, 2.75) is 51.0 Å². The zero-order valence-electron chi connectivity index (χ0n) is 17.1. The van der Waals surface area contributed by atoms with Crippen molar-refractivity contribution in [2.75, 3.05) is 56.2 Å². The summed E-state index contributed by atoms with van der Waals surface area (Å²) >= 11 is 0. The monoisotopic (exact) mass is 385 g/mol. The molecule has 4 heterocycles. The maximum Gasteiger partial charge on any atom is 0.151 e. The van der Waals surface area contributed by atoms with Crippen molar-refractivity contribution in [1.82, 2.24) is 15.1 Å². The van der Waals surface area contributed by atoms with E-state index in [1.807, 2.05) is 0 Å². The number of nitrogens with zero attached hydrogens (tertiary/aromatic N) is 4. The average Bonchev–Trinajstić information content (AvgIpc) is 3.28. The van der Waals surface area contributed by atoms with Crippen LogP contribution in [0.15, 0.2) is 12.1 Å². The molecule has 1 aromatic rings. The highest BCUT2D eigenvalue weighted by Gasteiger charge is 2.41. The molecule has 3 aliphatic heterocycles. The molecule has 3 saturated heterocycles. The maximum absolute atomic E-state index is 5.51. The molecule has 6 heteroatoms. The first-order chi connectivity index (χ1) is 13.8. The first-order valence-corrected chi connectivity index (χ1v) is 11.5. The molecule has 28 heavy (non-hydrogen) atoms. The molecule has 0 spiro atoms. The summed E-state index contributed by atoms with van der Waals surface area (Å²) in [5.41, 5.74) is 0. The fraction of sp³-hybridized carbons (Fsp3) is 0.818. The zero-order chi connectivity index (χ0) is 18.8. The Labute approximate surface area is 169 Å². The van der Waals surface area contributed by atoms with Crippen LogP contribution in [0, 0.1) is 17.8 Å². The summed E-state index contributed by atoms with van der Waals surface area (Å²) in [6.45, 7) is 8.05. The lowest BCUT2D eigenvalue weighted by atomic mass is 10.00. The van der Waals surface area contributed by atoms with E-state index in [1.165, 1.54) is 64.6 Å². The second kappa shape index (κ2) is 8.54. The van der Waals surface area contributed by atoms with Crippen molar-refractivity contribution in [1.29, 1.82) is 0 Å². The second-order valence-electron chi connectivity index (χ2n) is 9.43. The summed E-state index contributed by atoms with van der Waals surface area (Å²) in [4.78, 5) is 5.10. The Morgan fingerprint density at radius 1 is 0.964 bits per heavy atom. The van der Waals surface area contributed by atoms with Crippen LogP contribution < -0.4 is 10.2 Å². The maximum atomic E-state index is 5.51. The van der Waals surface area contributed by atoms with Crippen molar-refractivity contribution in [3.8, 4) is 0 Å². The molecule has 1 aromatic heterocycles. The molecular weight excluding hydrogens is 350 g/mol. The third-order valence-corrected chi connectivity index (χ3v) is 7.37. The Morgan fingerprint density at radius 3 is 2.39 bits per heavy atom. The molecule has 1 aliphatic carbocycles. The van der Waals surface area contributed by atoms with Gasteiger partial charge in [0.1, 0.15) is 5.82 Å². The van der Waals surface area contributed by atoms with Crippen molar-refractivity contribution >= 4 is 11.6 Å². The largest absolute Gasteiger partial charge is 0.381 e. The van der Waals surface area contributed by atoms with Crippen LogP contribution in [0.4, 0.5) is 11.6 Å². The van der Waals surface area contributed by atoms with E-state index in [9.17, 15) is 0 Å². The summed E-state index contributed by atoms with van der Waals surface area (Å²) in [6.07, 6.45) is 8.97. The molecule has 4 fully saturated rings. The predicted octanol–water partition coefficient (Wildman–Crippen LogP) is 3.02. The summed E-state index contributed by atoms with van der Waals surface area (Å²) < 4.78 is 5.51. The van der Waals surface area contributed by atoms with Crippen molar-refractivity contribution in [2.24, 2.45) is 17.8 Å². The van der Waals surface area contributed by atoms with Crippen LogP contribution in [-0.2, 0) is 4.74 Å². The van der Waals surface area contributed by atoms with E-state index in [2.05, 4.69) is 37.4 Å². The normalized spacial score (nSPS) is 31.9. The van der Waals surface area contributed by atoms with Crippen LogP contribution in [0.5, 0.6) is 0 Å². The molecule has 0 aromatic carbocycles. The van der Waals surface area contributed by atoms with Gasteiger partial charge in [-0.05, 0) is 74.8 Å². The molecule has 154 valence electrons. The highest BCUT2D eigenvalue weighted by Crippen LogP contribution is 2.39. The van der Waals surface area contributed by atoms with Gasteiger partial charge in [0, 0.05) is 52.0 Å². The van der Waals surface area contributed by atoms with Gasteiger partial charge in [0.2, 0.25) is 0 Å². The Morgan fingerprint density at radius 2 is 1.71 bits per heavy atom. The minimum atomic E-state index is 0.565. The lowest BCUT2D eigenvalue weighted by molar-refractivity contribution is 0.0545. The van der Waals surface area contributed by atoms with Gasteiger partial charge in [-0.1, -0.05) is 0 Å². The van der Waals surface area contributed by atoms with E-state index in [-0.39, 0.29) is 0 Å². The van der Waals surface area contributed by atoms with Gasteiger partial charge >= 0.3 is 0 Å². The van der Waals surface area contributed by atoms with Gasteiger partial charge in [-0.15, -0.1) is 10.2 Å². The van der Waals surface area contributed by atoms with Gasteiger partial charge in [0.25, 0.3) is 0 Å². The minimum Gasteiger partial charge on any atom is -0.381 e. The number of rotatable bonds is 5. The van der Waals surface area contributed by atoms with Crippen LogP contribution in [-0.4, -0.2) is 67.1 Å². The number of hydrogen-bond acceptors (Lipinski definition) is 6. The summed E-state index contributed by atoms with van der Waals surface area (Å²) in [6, 6.07) is 4.84. The number of ether oxygens (including phenoxy) is 1. The van der Waals surface area contributed by atoms with E-state index in [4.69, 9.17) is 4.74 Å². The average molecular weight is 386 g/mol. The molecule has 4 aliphatic rings. The molecule has 1 saturated carbocycles. The number of hydrogen-bond donors (Lipinski definition) is 1. The summed E-state index contributed by atoms with van der Waals surface area (Å²) in [5.74, 6) is 4.56. The van der Waals surface area contributed by atoms with Crippen molar-refractivity contribution in [3.05, 3.63) is 12.1 Å². The number of fused-ring (bicyclic) bond motifs is 1. The van der Waals surface area contributed by atoms with Crippen LogP contribution >= 0.6 is 0 Å². The van der Waals surface area contributed by atoms with E-state index >= 15 is 0 Å². The molecule has 3 atom stereocenters. The predicted molar refractivity (Wildman–Crippen MR) is 112 cm³/mol. The van der Waals surface area contributed by atoms with E-state index in [0.29, 0.717) is 6.04 Å². The van der Waals surface area contributed by atoms with E-state index < -0.39 is 0 Å². The highest BCUT2D eigenvalue weighted by atomic mass is 16.5. The fourth-order valence-electron chi connectivity index (χ4n) is 5.86. The molecule has 1 N–H and O–H groups in total. The Hall–Kier alpha value is -1.40. The Kier molecular flexibility index (Phi) is 5.68.